The highest BCUT2D eigenvalue weighted by molar-refractivity contribution is 5.76. The predicted molar refractivity (Wildman–Crippen MR) is 103 cm³/mol. The normalized spacial score (nSPS) is 11.2. The first kappa shape index (κ1) is 19.0. The third-order valence-corrected chi connectivity index (χ3v) is 4.14. The van der Waals surface area contributed by atoms with Crippen molar-refractivity contribution in [2.75, 3.05) is 13.2 Å². The maximum atomic E-state index is 12.0. The van der Waals surface area contributed by atoms with E-state index in [2.05, 4.69) is 63.3 Å². The summed E-state index contributed by atoms with van der Waals surface area (Å²) in [6.07, 6.45) is 1.27. The van der Waals surface area contributed by atoms with Gasteiger partial charge in [0, 0.05) is 6.42 Å². The first-order chi connectivity index (χ1) is 11.9. The Bertz CT molecular complexity index is 684. The summed E-state index contributed by atoms with van der Waals surface area (Å²) in [6.45, 7) is 9.56. The van der Waals surface area contributed by atoms with Gasteiger partial charge in [0.05, 0.1) is 6.54 Å². The molecule has 0 unspecified atom stereocenters. The number of aryl methyl sites for hydroxylation is 2. The van der Waals surface area contributed by atoms with Crippen LogP contribution in [0.15, 0.2) is 48.5 Å². The van der Waals surface area contributed by atoms with Gasteiger partial charge in [-0.2, -0.15) is 0 Å². The second kappa shape index (κ2) is 8.70. The molecule has 0 aromatic heterocycles. The highest BCUT2D eigenvalue weighted by atomic mass is 16.5. The van der Waals surface area contributed by atoms with Gasteiger partial charge in [0.2, 0.25) is 5.91 Å². The average Bonchev–Trinajstić information content (AvgIpc) is 2.58. The third-order valence-electron chi connectivity index (χ3n) is 4.14. The second-order valence-corrected chi connectivity index (χ2v) is 7.43. The van der Waals surface area contributed by atoms with E-state index in [9.17, 15) is 4.79 Å². The molecule has 1 N–H and O–H groups in total. The quantitative estimate of drug-likeness (QED) is 0.758. The molecule has 134 valence electrons. The van der Waals surface area contributed by atoms with Crippen molar-refractivity contribution in [2.24, 2.45) is 0 Å². The van der Waals surface area contributed by atoms with Gasteiger partial charge in [0.1, 0.15) is 12.4 Å². The largest absolute Gasteiger partial charge is 0.491 e. The summed E-state index contributed by atoms with van der Waals surface area (Å²) in [6, 6.07) is 16.4. The van der Waals surface area contributed by atoms with Crippen LogP contribution < -0.4 is 10.1 Å². The number of nitrogens with one attached hydrogen (secondary N) is 1. The summed E-state index contributed by atoms with van der Waals surface area (Å²) in [5.74, 6) is 0.956. The van der Waals surface area contributed by atoms with Gasteiger partial charge >= 0.3 is 0 Å². The summed E-state index contributed by atoms with van der Waals surface area (Å²) in [4.78, 5) is 12.0. The van der Waals surface area contributed by atoms with E-state index < -0.39 is 0 Å². The molecule has 0 bridgehead atoms. The number of hydrogen-bond acceptors (Lipinski definition) is 2. The molecule has 0 radical (unpaired) electrons. The molecule has 0 saturated heterocycles. The van der Waals surface area contributed by atoms with Crippen LogP contribution in [-0.4, -0.2) is 19.1 Å². The summed E-state index contributed by atoms with van der Waals surface area (Å²) < 4.78 is 5.88. The lowest BCUT2D eigenvalue weighted by Crippen LogP contribution is -2.28. The van der Waals surface area contributed by atoms with Crippen LogP contribution in [0.2, 0.25) is 0 Å². The molecule has 0 aliphatic rings. The first-order valence-corrected chi connectivity index (χ1v) is 8.91. The highest BCUT2D eigenvalue weighted by Crippen LogP contribution is 2.30. The molecule has 2 rings (SSSR count). The smallest absolute Gasteiger partial charge is 0.220 e. The fourth-order valence-electron chi connectivity index (χ4n) is 2.66. The summed E-state index contributed by atoms with van der Waals surface area (Å²) in [5.41, 5.74) is 3.64. The lowest BCUT2D eigenvalue weighted by atomic mass is 9.86. The van der Waals surface area contributed by atoms with E-state index >= 15 is 0 Å². The third kappa shape index (κ3) is 6.26. The van der Waals surface area contributed by atoms with Crippen LogP contribution in [0.5, 0.6) is 5.75 Å². The van der Waals surface area contributed by atoms with E-state index in [0.717, 1.165) is 12.2 Å². The van der Waals surface area contributed by atoms with Crippen LogP contribution in [0.4, 0.5) is 0 Å². The number of amides is 1. The number of benzene rings is 2. The van der Waals surface area contributed by atoms with Crippen molar-refractivity contribution in [1.29, 1.82) is 0 Å². The first-order valence-electron chi connectivity index (χ1n) is 8.91. The van der Waals surface area contributed by atoms with Gasteiger partial charge in [-0.1, -0.05) is 68.8 Å². The van der Waals surface area contributed by atoms with Crippen molar-refractivity contribution >= 4 is 5.91 Å². The fourth-order valence-corrected chi connectivity index (χ4v) is 2.66. The standard InChI is InChI=1S/C22H29NO2/c1-17-9-11-18(12-10-17)13-14-21(24)23-15-16-25-20-8-6-5-7-19(20)22(2,3)4/h5-12H,13-16H2,1-4H3,(H,23,24). The molecule has 0 atom stereocenters. The number of para-hydroxylation sites is 1. The van der Waals surface area contributed by atoms with Crippen molar-refractivity contribution in [3.8, 4) is 5.75 Å². The molecule has 2 aromatic rings. The number of ether oxygens (including phenoxy) is 1. The minimum Gasteiger partial charge on any atom is -0.491 e. The molecule has 2 aromatic carbocycles. The van der Waals surface area contributed by atoms with Crippen LogP contribution in [0, 0.1) is 6.92 Å². The van der Waals surface area contributed by atoms with E-state index in [1.54, 1.807) is 0 Å². The van der Waals surface area contributed by atoms with E-state index in [1.807, 2.05) is 18.2 Å². The SMILES string of the molecule is Cc1ccc(CCC(=O)NCCOc2ccccc2C(C)(C)C)cc1. The Morgan fingerprint density at radius 2 is 1.72 bits per heavy atom. The summed E-state index contributed by atoms with van der Waals surface area (Å²) in [7, 11) is 0. The zero-order valence-corrected chi connectivity index (χ0v) is 15.8. The maximum absolute atomic E-state index is 12.0. The Kier molecular flexibility index (Phi) is 6.63. The molecule has 0 heterocycles. The number of rotatable bonds is 7. The maximum Gasteiger partial charge on any atom is 0.220 e. The summed E-state index contributed by atoms with van der Waals surface area (Å²) >= 11 is 0. The lowest BCUT2D eigenvalue weighted by Gasteiger charge is -2.22. The molecule has 0 fully saturated rings. The van der Waals surface area contributed by atoms with Gasteiger partial charge in [-0.05, 0) is 36.0 Å². The molecular weight excluding hydrogens is 310 g/mol. The van der Waals surface area contributed by atoms with Gasteiger partial charge in [0.15, 0.2) is 0 Å². The van der Waals surface area contributed by atoms with Crippen molar-refractivity contribution in [3.05, 3.63) is 65.2 Å². The number of hydrogen-bond donors (Lipinski definition) is 1. The lowest BCUT2D eigenvalue weighted by molar-refractivity contribution is -0.121. The molecule has 25 heavy (non-hydrogen) atoms. The minimum atomic E-state index is 0.0356. The van der Waals surface area contributed by atoms with Crippen molar-refractivity contribution in [3.63, 3.8) is 0 Å². The Balaban J connectivity index is 1.72. The van der Waals surface area contributed by atoms with Gasteiger partial charge in [-0.15, -0.1) is 0 Å². The zero-order valence-electron chi connectivity index (χ0n) is 15.8. The van der Waals surface area contributed by atoms with E-state index in [4.69, 9.17) is 4.74 Å². The minimum absolute atomic E-state index is 0.0356. The monoisotopic (exact) mass is 339 g/mol. The number of carbonyl (C=O) groups excluding carboxylic acids is 1. The van der Waals surface area contributed by atoms with Gasteiger partial charge in [-0.25, -0.2) is 0 Å². The molecular formula is C22H29NO2. The second-order valence-electron chi connectivity index (χ2n) is 7.43. The van der Waals surface area contributed by atoms with Crippen LogP contribution in [0.3, 0.4) is 0 Å². The molecule has 3 nitrogen and oxygen atoms in total. The Morgan fingerprint density at radius 3 is 2.40 bits per heavy atom. The fraction of sp³-hybridized carbons (Fsp3) is 0.409. The van der Waals surface area contributed by atoms with Gasteiger partial charge < -0.3 is 10.1 Å². The van der Waals surface area contributed by atoms with E-state index in [0.29, 0.717) is 19.6 Å². The zero-order chi connectivity index (χ0) is 18.3. The average molecular weight is 339 g/mol. The molecule has 3 heteroatoms. The van der Waals surface area contributed by atoms with Crippen LogP contribution >= 0.6 is 0 Å². The van der Waals surface area contributed by atoms with Crippen LogP contribution in [-0.2, 0) is 16.6 Å². The Labute approximate surface area is 151 Å². The molecule has 1 amide bonds. The topological polar surface area (TPSA) is 38.3 Å². The molecule has 0 aliphatic carbocycles. The molecule has 0 saturated carbocycles. The van der Waals surface area contributed by atoms with Crippen molar-refractivity contribution in [1.82, 2.24) is 5.32 Å². The van der Waals surface area contributed by atoms with Gasteiger partial charge in [-0.3, -0.25) is 4.79 Å². The van der Waals surface area contributed by atoms with Gasteiger partial charge in [0.25, 0.3) is 0 Å². The number of carbonyl (C=O) groups is 1. The Hall–Kier alpha value is -2.29. The van der Waals surface area contributed by atoms with E-state index in [-0.39, 0.29) is 11.3 Å². The van der Waals surface area contributed by atoms with E-state index in [1.165, 1.54) is 16.7 Å². The van der Waals surface area contributed by atoms with Crippen molar-refractivity contribution in [2.45, 2.75) is 46.0 Å². The highest BCUT2D eigenvalue weighted by Gasteiger charge is 2.18. The predicted octanol–water partition coefficient (Wildman–Crippen LogP) is 4.42. The molecule has 0 spiro atoms. The summed E-state index contributed by atoms with van der Waals surface area (Å²) in [5, 5.41) is 2.93. The Morgan fingerprint density at radius 1 is 1.04 bits per heavy atom. The van der Waals surface area contributed by atoms with Crippen LogP contribution in [0.1, 0.15) is 43.9 Å². The van der Waals surface area contributed by atoms with Crippen LogP contribution in [0.25, 0.3) is 0 Å². The molecule has 0 aliphatic heterocycles. The van der Waals surface area contributed by atoms with Crippen molar-refractivity contribution < 1.29 is 9.53 Å².